The van der Waals surface area contributed by atoms with E-state index in [0.717, 1.165) is 25.9 Å². The number of aromatic nitrogens is 1. The Balaban J connectivity index is 1.83. The Morgan fingerprint density at radius 3 is 2.89 bits per heavy atom. The number of nitrogens with zero attached hydrogens (tertiary/aromatic N) is 1. The molecular formula is C12H19NO4S. The average molecular weight is 273 g/mol. The molecule has 0 bridgehead atoms. The van der Waals surface area contributed by atoms with Crippen molar-refractivity contribution in [2.75, 3.05) is 12.4 Å². The Bertz CT molecular complexity index is 474. The molecule has 1 aliphatic heterocycles. The quantitative estimate of drug-likeness (QED) is 0.819. The molecule has 0 aliphatic carbocycles. The number of ether oxygens (including phenoxy) is 1. The summed E-state index contributed by atoms with van der Waals surface area (Å²) in [5, 5.41) is 0. The molecule has 18 heavy (non-hydrogen) atoms. The highest BCUT2D eigenvalue weighted by atomic mass is 32.2. The molecule has 2 heterocycles. The third kappa shape index (κ3) is 4.10. The molecule has 1 atom stereocenters. The Morgan fingerprint density at radius 1 is 1.44 bits per heavy atom. The summed E-state index contributed by atoms with van der Waals surface area (Å²) in [6, 6.07) is 0. The highest BCUT2D eigenvalue weighted by Crippen LogP contribution is 2.17. The lowest BCUT2D eigenvalue weighted by Gasteiger charge is -2.22. The van der Waals surface area contributed by atoms with Crippen LogP contribution in [0, 0.1) is 6.92 Å². The fraction of sp³-hybridized carbons (Fsp3) is 0.750. The van der Waals surface area contributed by atoms with Gasteiger partial charge in [-0.2, -0.15) is 0 Å². The van der Waals surface area contributed by atoms with Crippen LogP contribution < -0.4 is 0 Å². The molecule has 1 aliphatic rings. The van der Waals surface area contributed by atoms with E-state index in [-0.39, 0.29) is 17.6 Å². The first-order valence-corrected chi connectivity index (χ1v) is 8.11. The summed E-state index contributed by atoms with van der Waals surface area (Å²) in [6.07, 6.45) is 5.34. The van der Waals surface area contributed by atoms with E-state index in [2.05, 4.69) is 4.98 Å². The van der Waals surface area contributed by atoms with Crippen molar-refractivity contribution in [3.63, 3.8) is 0 Å². The summed E-state index contributed by atoms with van der Waals surface area (Å²) in [4.78, 5) is 3.89. The Morgan fingerprint density at radius 2 is 2.28 bits per heavy atom. The monoisotopic (exact) mass is 273 g/mol. The summed E-state index contributed by atoms with van der Waals surface area (Å²) >= 11 is 0. The van der Waals surface area contributed by atoms with Crippen molar-refractivity contribution in [2.45, 2.75) is 44.5 Å². The van der Waals surface area contributed by atoms with Gasteiger partial charge in [-0.15, -0.1) is 0 Å². The molecule has 102 valence electrons. The number of oxazole rings is 1. The number of aryl methyl sites for hydroxylation is 1. The van der Waals surface area contributed by atoms with Crippen molar-refractivity contribution >= 4 is 9.84 Å². The molecule has 0 N–H and O–H groups in total. The first-order chi connectivity index (χ1) is 8.55. The van der Waals surface area contributed by atoms with E-state index in [1.165, 1.54) is 6.20 Å². The van der Waals surface area contributed by atoms with Gasteiger partial charge >= 0.3 is 0 Å². The van der Waals surface area contributed by atoms with Crippen molar-refractivity contribution in [1.82, 2.24) is 4.98 Å². The SMILES string of the molecule is Cc1ncc(CS(=O)(=O)CCC2CCCCO2)o1. The lowest BCUT2D eigenvalue weighted by atomic mass is 10.1. The normalized spacial score (nSPS) is 21.1. The molecular weight excluding hydrogens is 254 g/mol. The maximum absolute atomic E-state index is 11.9. The zero-order chi connectivity index (χ0) is 13.0. The first-order valence-electron chi connectivity index (χ1n) is 6.28. The molecule has 0 saturated carbocycles. The minimum atomic E-state index is -3.13. The smallest absolute Gasteiger partial charge is 0.191 e. The lowest BCUT2D eigenvalue weighted by molar-refractivity contribution is 0.0147. The molecule has 1 unspecified atom stereocenters. The van der Waals surface area contributed by atoms with Crippen LogP contribution in [0.2, 0.25) is 0 Å². The van der Waals surface area contributed by atoms with E-state index in [4.69, 9.17) is 9.15 Å². The van der Waals surface area contributed by atoms with E-state index in [1.807, 2.05) is 0 Å². The molecule has 2 rings (SSSR count). The van der Waals surface area contributed by atoms with Crippen LogP contribution in [0.3, 0.4) is 0 Å². The Hall–Kier alpha value is -0.880. The van der Waals surface area contributed by atoms with Gasteiger partial charge in [0, 0.05) is 13.5 Å². The summed E-state index contributed by atoms with van der Waals surface area (Å²) < 4.78 is 34.5. The molecule has 1 aromatic rings. The van der Waals surface area contributed by atoms with Gasteiger partial charge in [0.2, 0.25) is 0 Å². The predicted octanol–water partition coefficient (Wildman–Crippen LogP) is 1.86. The molecule has 1 aromatic heterocycles. The van der Waals surface area contributed by atoms with Gasteiger partial charge in [0.25, 0.3) is 0 Å². The van der Waals surface area contributed by atoms with Gasteiger partial charge in [-0.1, -0.05) is 0 Å². The molecule has 1 fully saturated rings. The van der Waals surface area contributed by atoms with Crippen molar-refractivity contribution in [1.29, 1.82) is 0 Å². The maximum atomic E-state index is 11.9. The van der Waals surface area contributed by atoms with Crippen LogP contribution in [0.1, 0.15) is 37.3 Å². The van der Waals surface area contributed by atoms with E-state index >= 15 is 0 Å². The maximum Gasteiger partial charge on any atom is 0.191 e. The van der Waals surface area contributed by atoms with Gasteiger partial charge in [0.05, 0.1) is 18.1 Å². The van der Waals surface area contributed by atoms with Crippen molar-refractivity contribution in [3.8, 4) is 0 Å². The van der Waals surface area contributed by atoms with E-state index in [9.17, 15) is 8.42 Å². The van der Waals surface area contributed by atoms with Crippen LogP contribution in [0.25, 0.3) is 0 Å². The van der Waals surface area contributed by atoms with Gasteiger partial charge in [-0.3, -0.25) is 0 Å². The van der Waals surface area contributed by atoms with Crippen LogP contribution in [0.15, 0.2) is 10.6 Å². The van der Waals surface area contributed by atoms with Crippen LogP contribution in [0.5, 0.6) is 0 Å². The fourth-order valence-corrected chi connectivity index (χ4v) is 3.44. The number of rotatable bonds is 5. The van der Waals surface area contributed by atoms with E-state index < -0.39 is 9.84 Å². The Labute approximate surface area is 107 Å². The summed E-state index contributed by atoms with van der Waals surface area (Å²) in [5.74, 6) is 0.991. The second kappa shape index (κ2) is 5.84. The largest absolute Gasteiger partial charge is 0.445 e. The van der Waals surface area contributed by atoms with Crippen molar-refractivity contribution < 1.29 is 17.6 Å². The van der Waals surface area contributed by atoms with E-state index in [1.54, 1.807) is 6.92 Å². The van der Waals surface area contributed by atoms with E-state index in [0.29, 0.717) is 18.1 Å². The summed E-state index contributed by atoms with van der Waals surface area (Å²) in [6.45, 7) is 2.46. The number of sulfone groups is 1. The number of hydrogen-bond donors (Lipinski definition) is 0. The second-order valence-corrected chi connectivity index (χ2v) is 6.90. The highest BCUT2D eigenvalue weighted by Gasteiger charge is 2.20. The molecule has 1 saturated heterocycles. The topological polar surface area (TPSA) is 69.4 Å². The molecule has 5 nitrogen and oxygen atoms in total. The zero-order valence-electron chi connectivity index (χ0n) is 10.6. The lowest BCUT2D eigenvalue weighted by Crippen LogP contribution is -2.22. The van der Waals surface area contributed by atoms with Gasteiger partial charge in [-0.25, -0.2) is 13.4 Å². The van der Waals surface area contributed by atoms with Crippen LogP contribution in [-0.2, 0) is 20.3 Å². The third-order valence-corrected chi connectivity index (χ3v) is 4.64. The fourth-order valence-electron chi connectivity index (χ4n) is 2.11. The van der Waals surface area contributed by atoms with Gasteiger partial charge < -0.3 is 9.15 Å². The van der Waals surface area contributed by atoms with Crippen molar-refractivity contribution in [2.24, 2.45) is 0 Å². The molecule has 0 aromatic carbocycles. The molecule has 6 heteroatoms. The standard InChI is InChI=1S/C12H19NO4S/c1-10-13-8-12(17-10)9-18(14,15)7-5-11-4-2-3-6-16-11/h8,11H,2-7,9H2,1H3. The molecule has 0 spiro atoms. The van der Waals surface area contributed by atoms with Gasteiger partial charge in [-0.05, 0) is 25.7 Å². The summed E-state index contributed by atoms with van der Waals surface area (Å²) in [7, 11) is -3.13. The Kier molecular flexibility index (Phi) is 4.40. The number of hydrogen-bond acceptors (Lipinski definition) is 5. The zero-order valence-corrected chi connectivity index (χ0v) is 11.4. The van der Waals surface area contributed by atoms with Gasteiger partial charge in [0.15, 0.2) is 15.7 Å². The molecule has 0 radical (unpaired) electrons. The third-order valence-electron chi connectivity index (χ3n) is 3.06. The summed E-state index contributed by atoms with van der Waals surface area (Å²) in [5.41, 5.74) is 0. The molecule has 0 amide bonds. The first kappa shape index (κ1) is 13.5. The average Bonchev–Trinajstić information content (AvgIpc) is 2.73. The minimum absolute atomic E-state index is 0.0689. The van der Waals surface area contributed by atoms with Gasteiger partial charge in [0.1, 0.15) is 11.5 Å². The van der Waals surface area contributed by atoms with Crippen molar-refractivity contribution in [3.05, 3.63) is 17.8 Å². The highest BCUT2D eigenvalue weighted by molar-refractivity contribution is 7.90. The van der Waals surface area contributed by atoms with Crippen LogP contribution in [-0.4, -0.2) is 31.9 Å². The second-order valence-electron chi connectivity index (χ2n) is 4.71. The predicted molar refractivity (Wildman–Crippen MR) is 66.9 cm³/mol. The van der Waals surface area contributed by atoms with Crippen LogP contribution >= 0.6 is 0 Å². The van der Waals surface area contributed by atoms with Crippen LogP contribution in [0.4, 0.5) is 0 Å². The minimum Gasteiger partial charge on any atom is -0.445 e.